The second kappa shape index (κ2) is 5.64. The summed E-state index contributed by atoms with van der Waals surface area (Å²) in [5.74, 6) is -0.0169. The summed E-state index contributed by atoms with van der Waals surface area (Å²) in [6.45, 7) is 3.52. The molecule has 0 spiro atoms. The fourth-order valence-corrected chi connectivity index (χ4v) is 2.76. The van der Waals surface area contributed by atoms with Crippen molar-refractivity contribution in [3.8, 4) is 11.1 Å². The molecule has 3 rings (SSSR count). The number of carbonyl (C=O) groups excluding carboxylic acids is 1. The number of nitrogens with zero attached hydrogens (tertiary/aromatic N) is 2. The Labute approximate surface area is 129 Å². The zero-order valence-electron chi connectivity index (χ0n) is 13.0. The van der Waals surface area contributed by atoms with Crippen molar-refractivity contribution in [2.45, 2.75) is 19.9 Å². The lowest BCUT2D eigenvalue weighted by Gasteiger charge is -2.13. The van der Waals surface area contributed by atoms with Crippen LogP contribution in [0.25, 0.3) is 22.2 Å². The maximum Gasteiger partial charge on any atom is 0.217 e. The second-order valence-electron chi connectivity index (χ2n) is 5.57. The van der Waals surface area contributed by atoms with Crippen LogP contribution in [0.15, 0.2) is 48.8 Å². The molecule has 0 radical (unpaired) electrons. The highest BCUT2D eigenvalue weighted by atomic mass is 16.1. The molecule has 4 heteroatoms. The van der Waals surface area contributed by atoms with Gasteiger partial charge in [0.05, 0.1) is 6.04 Å². The summed E-state index contributed by atoms with van der Waals surface area (Å²) >= 11 is 0. The van der Waals surface area contributed by atoms with Gasteiger partial charge in [-0.25, -0.2) is 4.98 Å². The number of hydrogen-bond acceptors (Lipinski definition) is 2. The lowest BCUT2D eigenvalue weighted by molar-refractivity contribution is -0.119. The van der Waals surface area contributed by atoms with Crippen LogP contribution < -0.4 is 5.32 Å². The highest BCUT2D eigenvalue weighted by Gasteiger charge is 2.09. The Bertz CT molecular complexity index is 818. The van der Waals surface area contributed by atoms with Crippen LogP contribution in [0.4, 0.5) is 0 Å². The predicted molar refractivity (Wildman–Crippen MR) is 88.4 cm³/mol. The van der Waals surface area contributed by atoms with Crippen LogP contribution in [0.2, 0.25) is 0 Å². The number of nitrogens with one attached hydrogen (secondary N) is 1. The van der Waals surface area contributed by atoms with Gasteiger partial charge in [0, 0.05) is 31.8 Å². The van der Waals surface area contributed by atoms with E-state index in [-0.39, 0.29) is 11.9 Å². The molecule has 0 unspecified atom stereocenters. The summed E-state index contributed by atoms with van der Waals surface area (Å²) in [6, 6.07) is 12.4. The van der Waals surface area contributed by atoms with Crippen molar-refractivity contribution in [1.29, 1.82) is 0 Å². The van der Waals surface area contributed by atoms with Crippen LogP contribution in [-0.4, -0.2) is 15.5 Å². The molecular formula is C18H19N3O. The molecule has 0 aliphatic rings. The Hall–Kier alpha value is -2.62. The summed E-state index contributed by atoms with van der Waals surface area (Å²) in [5.41, 5.74) is 4.40. The minimum Gasteiger partial charge on any atom is -0.350 e. The average molecular weight is 293 g/mol. The molecule has 1 amide bonds. The van der Waals surface area contributed by atoms with Crippen LogP contribution >= 0.6 is 0 Å². The van der Waals surface area contributed by atoms with E-state index in [1.807, 2.05) is 37.0 Å². The molecule has 3 aromatic rings. The Morgan fingerprint density at radius 1 is 1.18 bits per heavy atom. The minimum atomic E-state index is -0.0169. The van der Waals surface area contributed by atoms with Gasteiger partial charge in [0.25, 0.3) is 0 Å². The number of carbonyl (C=O) groups is 1. The summed E-state index contributed by atoms with van der Waals surface area (Å²) in [5, 5.41) is 4.04. The van der Waals surface area contributed by atoms with Crippen LogP contribution in [0.3, 0.4) is 0 Å². The van der Waals surface area contributed by atoms with E-state index in [2.05, 4.69) is 40.6 Å². The van der Waals surface area contributed by atoms with Crippen molar-refractivity contribution >= 4 is 16.9 Å². The smallest absolute Gasteiger partial charge is 0.217 e. The molecule has 2 aromatic heterocycles. The minimum absolute atomic E-state index is 0.0146. The van der Waals surface area contributed by atoms with Gasteiger partial charge in [-0.05, 0) is 35.7 Å². The Balaban J connectivity index is 1.96. The first-order valence-corrected chi connectivity index (χ1v) is 7.34. The van der Waals surface area contributed by atoms with Gasteiger partial charge in [-0.3, -0.25) is 4.79 Å². The van der Waals surface area contributed by atoms with Crippen molar-refractivity contribution in [3.63, 3.8) is 0 Å². The summed E-state index contributed by atoms with van der Waals surface area (Å²) < 4.78 is 2.02. The van der Waals surface area contributed by atoms with Gasteiger partial charge >= 0.3 is 0 Å². The fourth-order valence-electron chi connectivity index (χ4n) is 2.76. The lowest BCUT2D eigenvalue weighted by Crippen LogP contribution is -2.23. The van der Waals surface area contributed by atoms with E-state index in [4.69, 9.17) is 0 Å². The number of hydrogen-bond donors (Lipinski definition) is 1. The van der Waals surface area contributed by atoms with Gasteiger partial charge < -0.3 is 9.88 Å². The van der Waals surface area contributed by atoms with Crippen LogP contribution in [0.1, 0.15) is 25.5 Å². The third kappa shape index (κ3) is 2.60. The van der Waals surface area contributed by atoms with Crippen LogP contribution in [-0.2, 0) is 11.8 Å². The molecule has 112 valence electrons. The highest BCUT2D eigenvalue weighted by Crippen LogP contribution is 2.28. The van der Waals surface area contributed by atoms with E-state index in [0.29, 0.717) is 0 Å². The number of fused-ring (bicyclic) bond motifs is 1. The lowest BCUT2D eigenvalue weighted by atomic mass is 10.0. The van der Waals surface area contributed by atoms with Crippen molar-refractivity contribution < 1.29 is 4.79 Å². The third-order valence-electron chi connectivity index (χ3n) is 3.91. The largest absolute Gasteiger partial charge is 0.350 e. The van der Waals surface area contributed by atoms with E-state index in [9.17, 15) is 4.79 Å². The van der Waals surface area contributed by atoms with Crippen LogP contribution in [0, 0.1) is 0 Å². The third-order valence-corrected chi connectivity index (χ3v) is 3.91. The van der Waals surface area contributed by atoms with Crippen molar-refractivity contribution in [2.75, 3.05) is 0 Å². The SMILES string of the molecule is CC(=O)N[C@@H](C)c1ccc(-c2ccnc3c2ccn3C)cc1. The molecule has 0 fully saturated rings. The molecule has 0 saturated carbocycles. The Morgan fingerprint density at radius 2 is 1.91 bits per heavy atom. The van der Waals surface area contributed by atoms with Gasteiger partial charge in [0.15, 0.2) is 0 Å². The highest BCUT2D eigenvalue weighted by molar-refractivity contribution is 5.93. The number of aryl methyl sites for hydroxylation is 1. The van der Waals surface area contributed by atoms with E-state index in [1.54, 1.807) is 0 Å². The van der Waals surface area contributed by atoms with Gasteiger partial charge in [-0.1, -0.05) is 24.3 Å². The van der Waals surface area contributed by atoms with Crippen molar-refractivity contribution in [2.24, 2.45) is 7.05 Å². The summed E-state index contributed by atoms with van der Waals surface area (Å²) in [6.07, 6.45) is 3.86. The average Bonchev–Trinajstić information content (AvgIpc) is 2.88. The van der Waals surface area contributed by atoms with E-state index < -0.39 is 0 Å². The van der Waals surface area contributed by atoms with Gasteiger partial charge in [-0.15, -0.1) is 0 Å². The first-order valence-electron chi connectivity index (χ1n) is 7.34. The molecule has 2 heterocycles. The second-order valence-corrected chi connectivity index (χ2v) is 5.57. The summed E-state index contributed by atoms with van der Waals surface area (Å²) in [7, 11) is 2.00. The number of benzene rings is 1. The molecule has 1 atom stereocenters. The molecule has 0 aliphatic heterocycles. The number of pyridine rings is 1. The molecule has 4 nitrogen and oxygen atoms in total. The molecule has 0 aliphatic carbocycles. The normalized spacial score (nSPS) is 12.3. The number of rotatable bonds is 3. The monoisotopic (exact) mass is 293 g/mol. The maximum absolute atomic E-state index is 11.1. The first kappa shape index (κ1) is 14.3. The van der Waals surface area contributed by atoms with Gasteiger partial charge in [0.2, 0.25) is 5.91 Å². The molecule has 1 aromatic carbocycles. The predicted octanol–water partition coefficient (Wildman–Crippen LogP) is 3.44. The van der Waals surface area contributed by atoms with Crippen molar-refractivity contribution in [1.82, 2.24) is 14.9 Å². The molecular weight excluding hydrogens is 274 g/mol. The fraction of sp³-hybridized carbons (Fsp3) is 0.222. The standard InChI is InChI=1S/C18H19N3O/c1-12(20-13(2)22)14-4-6-15(7-5-14)16-8-10-19-18-17(16)9-11-21(18)3/h4-12H,1-3H3,(H,20,22)/t12-/m0/s1. The molecule has 0 saturated heterocycles. The molecule has 1 N–H and O–H groups in total. The zero-order valence-corrected chi connectivity index (χ0v) is 13.0. The maximum atomic E-state index is 11.1. The number of amides is 1. The van der Waals surface area contributed by atoms with Crippen molar-refractivity contribution in [3.05, 3.63) is 54.4 Å². The Kier molecular flexibility index (Phi) is 3.67. The van der Waals surface area contributed by atoms with Gasteiger partial charge in [0.1, 0.15) is 5.65 Å². The van der Waals surface area contributed by atoms with Gasteiger partial charge in [-0.2, -0.15) is 0 Å². The van der Waals surface area contributed by atoms with E-state index >= 15 is 0 Å². The number of aromatic nitrogens is 2. The topological polar surface area (TPSA) is 46.9 Å². The first-order chi connectivity index (χ1) is 10.6. The van der Waals surface area contributed by atoms with Crippen LogP contribution in [0.5, 0.6) is 0 Å². The van der Waals surface area contributed by atoms with E-state index in [1.165, 1.54) is 12.5 Å². The van der Waals surface area contributed by atoms with E-state index in [0.717, 1.165) is 22.2 Å². The molecule has 22 heavy (non-hydrogen) atoms. The quantitative estimate of drug-likeness (QED) is 0.804. The summed E-state index contributed by atoms with van der Waals surface area (Å²) in [4.78, 5) is 15.6. The Morgan fingerprint density at radius 3 is 2.59 bits per heavy atom. The zero-order chi connectivity index (χ0) is 15.7. The molecule has 0 bridgehead atoms.